The summed E-state index contributed by atoms with van der Waals surface area (Å²) in [6, 6.07) is 6.85. The molecular weight excluding hydrogens is 306 g/mol. The van der Waals surface area contributed by atoms with Gasteiger partial charge in [-0.2, -0.15) is 0 Å². The van der Waals surface area contributed by atoms with Crippen LogP contribution in [0.25, 0.3) is 0 Å². The predicted octanol–water partition coefficient (Wildman–Crippen LogP) is 3.18. The molecule has 0 saturated heterocycles. The van der Waals surface area contributed by atoms with Gasteiger partial charge >= 0.3 is 5.97 Å². The van der Waals surface area contributed by atoms with Crippen molar-refractivity contribution in [1.82, 2.24) is 5.32 Å². The Morgan fingerprint density at radius 2 is 1.88 bits per heavy atom. The van der Waals surface area contributed by atoms with Gasteiger partial charge in [0.15, 0.2) is 6.61 Å². The van der Waals surface area contributed by atoms with Crippen molar-refractivity contribution < 1.29 is 19.1 Å². The van der Waals surface area contributed by atoms with Crippen LogP contribution < -0.4 is 10.1 Å². The Hall–Kier alpha value is -2.04. The van der Waals surface area contributed by atoms with Crippen molar-refractivity contribution >= 4 is 11.9 Å². The number of nitrogens with one attached hydrogen (secondary N) is 1. The molecule has 24 heavy (non-hydrogen) atoms. The normalized spacial score (nSPS) is 23.4. The van der Waals surface area contributed by atoms with Gasteiger partial charge in [0.05, 0.1) is 12.2 Å². The molecule has 1 aromatic rings. The molecule has 132 valence electrons. The maximum Gasteiger partial charge on any atom is 0.338 e. The molecule has 5 heteroatoms. The Balaban J connectivity index is 1.80. The van der Waals surface area contributed by atoms with E-state index in [-0.39, 0.29) is 24.5 Å². The van der Waals surface area contributed by atoms with E-state index < -0.39 is 0 Å². The smallest absolute Gasteiger partial charge is 0.338 e. The molecule has 1 saturated carbocycles. The number of hydrogen-bond donors (Lipinski definition) is 1. The van der Waals surface area contributed by atoms with Gasteiger partial charge in [-0.25, -0.2) is 4.79 Å². The monoisotopic (exact) mass is 333 g/mol. The Morgan fingerprint density at radius 1 is 1.17 bits per heavy atom. The predicted molar refractivity (Wildman–Crippen MR) is 92.0 cm³/mol. The zero-order chi connectivity index (χ0) is 17.5. The van der Waals surface area contributed by atoms with Crippen LogP contribution in [0.2, 0.25) is 0 Å². The lowest BCUT2D eigenvalue weighted by molar-refractivity contribution is -0.124. The van der Waals surface area contributed by atoms with Crippen LogP contribution >= 0.6 is 0 Å². The van der Waals surface area contributed by atoms with Crippen molar-refractivity contribution in [3.63, 3.8) is 0 Å². The average Bonchev–Trinajstić information content (AvgIpc) is 2.58. The summed E-state index contributed by atoms with van der Waals surface area (Å²) in [5.74, 6) is 1.23. The largest absolute Gasteiger partial charge is 0.484 e. The van der Waals surface area contributed by atoms with Crippen molar-refractivity contribution in [3.8, 4) is 5.75 Å². The summed E-state index contributed by atoms with van der Waals surface area (Å²) >= 11 is 0. The highest BCUT2D eigenvalue weighted by molar-refractivity contribution is 5.89. The first-order valence-electron chi connectivity index (χ1n) is 8.70. The molecule has 1 aliphatic rings. The summed E-state index contributed by atoms with van der Waals surface area (Å²) in [6.07, 6.45) is 3.43. The van der Waals surface area contributed by atoms with E-state index in [0.717, 1.165) is 12.8 Å². The SMILES string of the molecule is CCOC(=O)c1ccc(OCC(=O)N[C@@H]2CCC[C@@H](C)[C@@H]2C)cc1. The van der Waals surface area contributed by atoms with E-state index in [0.29, 0.717) is 29.8 Å². The van der Waals surface area contributed by atoms with Crippen molar-refractivity contribution in [3.05, 3.63) is 29.8 Å². The van der Waals surface area contributed by atoms with Crippen LogP contribution in [0.4, 0.5) is 0 Å². The van der Waals surface area contributed by atoms with Crippen LogP contribution in [0.5, 0.6) is 5.75 Å². The maximum absolute atomic E-state index is 12.1. The third-order valence-electron chi connectivity index (χ3n) is 4.79. The van der Waals surface area contributed by atoms with E-state index in [1.165, 1.54) is 6.42 Å². The van der Waals surface area contributed by atoms with Crippen LogP contribution in [-0.4, -0.2) is 31.1 Å². The molecule has 0 radical (unpaired) electrons. The zero-order valence-corrected chi connectivity index (χ0v) is 14.7. The summed E-state index contributed by atoms with van der Waals surface area (Å²) in [5.41, 5.74) is 0.471. The van der Waals surface area contributed by atoms with Crippen molar-refractivity contribution in [2.24, 2.45) is 11.8 Å². The number of esters is 1. The summed E-state index contributed by atoms with van der Waals surface area (Å²) < 4.78 is 10.4. The Labute approximate surface area is 143 Å². The molecule has 0 heterocycles. The van der Waals surface area contributed by atoms with E-state index in [1.54, 1.807) is 31.2 Å². The quantitative estimate of drug-likeness (QED) is 0.812. The van der Waals surface area contributed by atoms with Crippen LogP contribution in [0, 0.1) is 11.8 Å². The molecule has 2 rings (SSSR count). The second-order valence-corrected chi connectivity index (χ2v) is 6.47. The van der Waals surface area contributed by atoms with E-state index in [9.17, 15) is 9.59 Å². The minimum Gasteiger partial charge on any atom is -0.484 e. The van der Waals surface area contributed by atoms with Gasteiger partial charge in [0.2, 0.25) is 0 Å². The molecular formula is C19H27NO4. The number of rotatable bonds is 6. The first-order chi connectivity index (χ1) is 11.5. The Morgan fingerprint density at radius 3 is 2.54 bits per heavy atom. The van der Waals surface area contributed by atoms with Crippen LogP contribution in [0.1, 0.15) is 50.4 Å². The maximum atomic E-state index is 12.1. The third kappa shape index (κ3) is 4.98. The summed E-state index contributed by atoms with van der Waals surface area (Å²) in [4.78, 5) is 23.7. The molecule has 0 unspecified atom stereocenters. The van der Waals surface area contributed by atoms with Gasteiger partial charge in [-0.3, -0.25) is 4.79 Å². The molecule has 0 aromatic heterocycles. The fourth-order valence-corrected chi connectivity index (χ4v) is 3.08. The Kier molecular flexibility index (Phi) is 6.64. The first-order valence-corrected chi connectivity index (χ1v) is 8.70. The zero-order valence-electron chi connectivity index (χ0n) is 14.7. The van der Waals surface area contributed by atoms with E-state index in [1.807, 2.05) is 0 Å². The lowest BCUT2D eigenvalue weighted by Gasteiger charge is -2.34. The lowest BCUT2D eigenvalue weighted by Crippen LogP contribution is -2.45. The fraction of sp³-hybridized carbons (Fsp3) is 0.579. The molecule has 1 aromatic carbocycles. The molecule has 1 aliphatic carbocycles. The van der Waals surface area contributed by atoms with Crippen molar-refractivity contribution in [1.29, 1.82) is 0 Å². The molecule has 1 amide bonds. The van der Waals surface area contributed by atoms with Gasteiger partial charge in [0, 0.05) is 6.04 Å². The number of benzene rings is 1. The molecule has 0 bridgehead atoms. The number of amides is 1. The molecule has 0 aliphatic heterocycles. The summed E-state index contributed by atoms with van der Waals surface area (Å²) in [7, 11) is 0. The highest BCUT2D eigenvalue weighted by atomic mass is 16.5. The minimum atomic E-state index is -0.359. The number of carbonyl (C=O) groups is 2. The van der Waals surface area contributed by atoms with Crippen molar-refractivity contribution in [2.45, 2.75) is 46.1 Å². The van der Waals surface area contributed by atoms with Gasteiger partial charge in [0.1, 0.15) is 5.75 Å². The average molecular weight is 333 g/mol. The number of carbonyl (C=O) groups excluding carboxylic acids is 2. The van der Waals surface area contributed by atoms with Crippen LogP contribution in [-0.2, 0) is 9.53 Å². The van der Waals surface area contributed by atoms with E-state index in [4.69, 9.17) is 9.47 Å². The molecule has 5 nitrogen and oxygen atoms in total. The second kappa shape index (κ2) is 8.71. The lowest BCUT2D eigenvalue weighted by atomic mass is 9.78. The van der Waals surface area contributed by atoms with E-state index in [2.05, 4.69) is 19.2 Å². The van der Waals surface area contributed by atoms with Crippen molar-refractivity contribution in [2.75, 3.05) is 13.2 Å². The van der Waals surface area contributed by atoms with Gasteiger partial charge in [-0.15, -0.1) is 0 Å². The van der Waals surface area contributed by atoms with E-state index >= 15 is 0 Å². The van der Waals surface area contributed by atoms with Gasteiger partial charge in [0.25, 0.3) is 5.91 Å². The highest BCUT2D eigenvalue weighted by Gasteiger charge is 2.28. The molecule has 0 spiro atoms. The van der Waals surface area contributed by atoms with Gasteiger partial charge in [-0.1, -0.05) is 26.7 Å². The molecule has 3 atom stereocenters. The topological polar surface area (TPSA) is 64.6 Å². The third-order valence-corrected chi connectivity index (χ3v) is 4.79. The van der Waals surface area contributed by atoms with Gasteiger partial charge in [-0.05, 0) is 49.4 Å². The molecule has 1 fully saturated rings. The van der Waals surface area contributed by atoms with Gasteiger partial charge < -0.3 is 14.8 Å². The number of hydrogen-bond acceptors (Lipinski definition) is 4. The highest BCUT2D eigenvalue weighted by Crippen LogP contribution is 2.29. The Bertz CT molecular complexity index is 555. The first kappa shape index (κ1) is 18.3. The minimum absolute atomic E-state index is 0.0175. The number of ether oxygens (including phenoxy) is 2. The summed E-state index contributed by atoms with van der Waals surface area (Å²) in [5, 5.41) is 3.08. The second-order valence-electron chi connectivity index (χ2n) is 6.47. The van der Waals surface area contributed by atoms with Crippen LogP contribution in [0.3, 0.4) is 0 Å². The van der Waals surface area contributed by atoms with Crippen LogP contribution in [0.15, 0.2) is 24.3 Å². The standard InChI is InChI=1S/C19H27NO4/c1-4-23-19(22)15-8-10-16(11-9-15)24-12-18(21)20-17-7-5-6-13(2)14(17)3/h8-11,13-14,17H,4-7,12H2,1-3H3,(H,20,21)/t13-,14+,17-/m1/s1. The summed E-state index contributed by atoms with van der Waals surface area (Å²) in [6.45, 7) is 6.53. The fourth-order valence-electron chi connectivity index (χ4n) is 3.08. The molecule has 1 N–H and O–H groups in total.